The molecule has 1 N–H and O–H groups in total. The molecule has 2 aromatic rings. The van der Waals surface area contributed by atoms with Gasteiger partial charge in [0.25, 0.3) is 0 Å². The molecule has 0 fully saturated rings. The molecule has 0 spiro atoms. The third kappa shape index (κ3) is 2.71. The Morgan fingerprint density at radius 3 is 2.41 bits per heavy atom. The maximum atomic E-state index is 13.1. The highest BCUT2D eigenvalue weighted by atomic mass is 19.1. The summed E-state index contributed by atoms with van der Waals surface area (Å²) in [5.41, 5.74) is -0.372. The Labute approximate surface area is 97.5 Å². The van der Waals surface area contributed by atoms with Gasteiger partial charge in [-0.05, 0) is 36.2 Å². The van der Waals surface area contributed by atoms with Crippen LogP contribution in [0.1, 0.15) is 18.1 Å². The van der Waals surface area contributed by atoms with Gasteiger partial charge < -0.3 is 9.52 Å². The lowest BCUT2D eigenvalue weighted by molar-refractivity contribution is 0.0567. The van der Waals surface area contributed by atoms with Crippen LogP contribution in [0.4, 0.5) is 8.78 Å². The molecule has 0 aliphatic heterocycles. The number of furan rings is 1. The summed E-state index contributed by atoms with van der Waals surface area (Å²) in [5.74, 6) is -1.40. The lowest BCUT2D eigenvalue weighted by Gasteiger charge is -2.23. The molecule has 2 nitrogen and oxygen atoms in total. The summed E-state index contributed by atoms with van der Waals surface area (Å²) in [5, 5.41) is 10.2. The zero-order valence-corrected chi connectivity index (χ0v) is 9.28. The lowest BCUT2D eigenvalue weighted by atomic mass is 9.90. The average molecular weight is 238 g/mol. The number of rotatable bonds is 3. The smallest absolute Gasteiger partial charge is 0.126 e. The fourth-order valence-corrected chi connectivity index (χ4v) is 1.76. The summed E-state index contributed by atoms with van der Waals surface area (Å²) in [6, 6.07) is 4.73. The van der Waals surface area contributed by atoms with Crippen molar-refractivity contribution >= 4 is 0 Å². The van der Waals surface area contributed by atoms with Gasteiger partial charge in [-0.3, -0.25) is 0 Å². The fraction of sp³-hybridized carbons (Fsp3) is 0.231. The van der Waals surface area contributed by atoms with Crippen LogP contribution in [-0.4, -0.2) is 5.11 Å². The molecule has 1 unspecified atom stereocenters. The van der Waals surface area contributed by atoms with Crippen molar-refractivity contribution in [3.8, 4) is 0 Å². The van der Waals surface area contributed by atoms with E-state index in [4.69, 9.17) is 4.42 Å². The number of halogens is 2. The van der Waals surface area contributed by atoms with Crippen molar-refractivity contribution in [2.75, 3.05) is 0 Å². The van der Waals surface area contributed by atoms with Crippen molar-refractivity contribution in [1.82, 2.24) is 0 Å². The Morgan fingerprint density at radius 1 is 1.24 bits per heavy atom. The molecule has 1 aromatic carbocycles. The van der Waals surface area contributed by atoms with Crippen LogP contribution in [0.3, 0.4) is 0 Å². The first-order valence-electron chi connectivity index (χ1n) is 5.17. The summed E-state index contributed by atoms with van der Waals surface area (Å²) in [6.45, 7) is 1.51. The van der Waals surface area contributed by atoms with E-state index in [0.717, 1.165) is 23.8 Å². The number of aliphatic hydroxyl groups is 1. The van der Waals surface area contributed by atoms with E-state index in [0.29, 0.717) is 0 Å². The van der Waals surface area contributed by atoms with Crippen LogP contribution in [0.2, 0.25) is 0 Å². The maximum Gasteiger partial charge on any atom is 0.126 e. The molecule has 90 valence electrons. The van der Waals surface area contributed by atoms with Crippen LogP contribution in [0, 0.1) is 11.6 Å². The van der Waals surface area contributed by atoms with Crippen LogP contribution < -0.4 is 0 Å². The third-order valence-electron chi connectivity index (χ3n) is 2.61. The second-order valence-corrected chi connectivity index (χ2v) is 4.24. The highest BCUT2D eigenvalue weighted by Gasteiger charge is 2.25. The van der Waals surface area contributed by atoms with Gasteiger partial charge in [-0.25, -0.2) is 8.78 Å². The molecule has 0 bridgehead atoms. The number of benzene rings is 1. The Kier molecular flexibility index (Phi) is 2.98. The van der Waals surface area contributed by atoms with E-state index in [-0.39, 0.29) is 12.0 Å². The predicted octanol–water partition coefficient (Wildman–Crippen LogP) is 3.01. The van der Waals surface area contributed by atoms with E-state index >= 15 is 0 Å². The molecular formula is C13H12F2O2. The van der Waals surface area contributed by atoms with Crippen LogP contribution >= 0.6 is 0 Å². The van der Waals surface area contributed by atoms with Gasteiger partial charge in [0.2, 0.25) is 0 Å². The van der Waals surface area contributed by atoms with Crippen LogP contribution in [0.25, 0.3) is 0 Å². The van der Waals surface area contributed by atoms with Crippen molar-refractivity contribution in [3.63, 3.8) is 0 Å². The summed E-state index contributed by atoms with van der Waals surface area (Å²) >= 11 is 0. The minimum Gasteiger partial charge on any atom is -0.472 e. The zero-order valence-electron chi connectivity index (χ0n) is 9.28. The highest BCUT2D eigenvalue weighted by Crippen LogP contribution is 2.26. The summed E-state index contributed by atoms with van der Waals surface area (Å²) in [4.78, 5) is 0. The maximum absolute atomic E-state index is 13.1. The van der Waals surface area contributed by atoms with Gasteiger partial charge in [-0.2, -0.15) is 0 Å². The molecule has 17 heavy (non-hydrogen) atoms. The minimum atomic E-state index is -1.34. The molecule has 0 saturated heterocycles. The van der Waals surface area contributed by atoms with Crippen molar-refractivity contribution in [3.05, 3.63) is 59.6 Å². The van der Waals surface area contributed by atoms with Crippen LogP contribution in [-0.2, 0) is 12.0 Å². The number of hydrogen-bond acceptors (Lipinski definition) is 2. The van der Waals surface area contributed by atoms with Gasteiger partial charge in [-0.15, -0.1) is 0 Å². The summed E-state index contributed by atoms with van der Waals surface area (Å²) in [7, 11) is 0. The van der Waals surface area contributed by atoms with Crippen molar-refractivity contribution in [1.29, 1.82) is 0 Å². The Balaban J connectivity index is 2.30. The van der Waals surface area contributed by atoms with E-state index in [2.05, 4.69) is 0 Å². The normalized spacial score (nSPS) is 14.6. The Hall–Kier alpha value is -1.68. The van der Waals surface area contributed by atoms with Gasteiger partial charge in [0.15, 0.2) is 0 Å². The minimum absolute atomic E-state index is 0.205. The van der Waals surface area contributed by atoms with Gasteiger partial charge in [0.05, 0.1) is 18.1 Å². The second kappa shape index (κ2) is 4.30. The standard InChI is InChI=1S/C13H12F2O2/c1-13(16,7-9-2-3-17-8-9)10-4-11(14)6-12(15)5-10/h2-6,8,16H,7H2,1H3. The third-order valence-corrected chi connectivity index (χ3v) is 2.61. The van der Waals surface area contributed by atoms with E-state index in [1.165, 1.54) is 19.5 Å². The van der Waals surface area contributed by atoms with Crippen LogP contribution in [0.5, 0.6) is 0 Å². The first kappa shape index (κ1) is 11.8. The lowest BCUT2D eigenvalue weighted by Crippen LogP contribution is -2.24. The topological polar surface area (TPSA) is 33.4 Å². The molecule has 2 rings (SSSR count). The zero-order chi connectivity index (χ0) is 12.5. The molecule has 1 aromatic heterocycles. The molecule has 0 radical (unpaired) electrons. The van der Waals surface area contributed by atoms with E-state index in [1.54, 1.807) is 6.07 Å². The first-order valence-corrected chi connectivity index (χ1v) is 5.17. The molecule has 0 aliphatic carbocycles. The molecular weight excluding hydrogens is 226 g/mol. The molecule has 0 saturated carbocycles. The quantitative estimate of drug-likeness (QED) is 0.891. The van der Waals surface area contributed by atoms with Crippen molar-refractivity contribution in [2.45, 2.75) is 18.9 Å². The average Bonchev–Trinajstić information content (AvgIpc) is 2.68. The first-order chi connectivity index (χ1) is 7.97. The summed E-state index contributed by atoms with van der Waals surface area (Å²) < 4.78 is 31.0. The molecule has 0 amide bonds. The molecule has 4 heteroatoms. The largest absolute Gasteiger partial charge is 0.472 e. The summed E-state index contributed by atoms with van der Waals surface area (Å²) in [6.07, 6.45) is 3.20. The number of hydrogen-bond donors (Lipinski definition) is 1. The van der Waals surface area contributed by atoms with Gasteiger partial charge in [0.1, 0.15) is 11.6 Å². The Bertz CT molecular complexity index is 484. The predicted molar refractivity (Wildman–Crippen MR) is 58.3 cm³/mol. The molecule has 1 atom stereocenters. The fourth-order valence-electron chi connectivity index (χ4n) is 1.76. The SMILES string of the molecule is CC(O)(Cc1ccoc1)c1cc(F)cc(F)c1. The Morgan fingerprint density at radius 2 is 1.88 bits per heavy atom. The second-order valence-electron chi connectivity index (χ2n) is 4.24. The van der Waals surface area contributed by atoms with E-state index < -0.39 is 17.2 Å². The van der Waals surface area contributed by atoms with Crippen LogP contribution in [0.15, 0.2) is 41.2 Å². The highest BCUT2D eigenvalue weighted by molar-refractivity contribution is 5.26. The molecule has 1 heterocycles. The van der Waals surface area contributed by atoms with E-state index in [1.807, 2.05) is 0 Å². The molecule has 0 aliphatic rings. The van der Waals surface area contributed by atoms with Gasteiger partial charge >= 0.3 is 0 Å². The van der Waals surface area contributed by atoms with Crippen molar-refractivity contribution in [2.24, 2.45) is 0 Å². The monoisotopic (exact) mass is 238 g/mol. The van der Waals surface area contributed by atoms with E-state index in [9.17, 15) is 13.9 Å². The van der Waals surface area contributed by atoms with Gasteiger partial charge in [-0.1, -0.05) is 0 Å². The van der Waals surface area contributed by atoms with Gasteiger partial charge in [0, 0.05) is 12.5 Å². The van der Waals surface area contributed by atoms with Crippen molar-refractivity contribution < 1.29 is 18.3 Å².